The summed E-state index contributed by atoms with van der Waals surface area (Å²) < 4.78 is 30.5. The van der Waals surface area contributed by atoms with Crippen molar-refractivity contribution in [1.82, 2.24) is 13.7 Å². The average Bonchev–Trinajstić information content (AvgIpc) is 4.05. The van der Waals surface area contributed by atoms with Gasteiger partial charge in [0.25, 0.3) is 0 Å². The zero-order chi connectivity index (χ0) is 52.1. The highest BCUT2D eigenvalue weighted by atomic mass is 16.5. The Morgan fingerprint density at radius 3 is 1.20 bits per heavy atom. The van der Waals surface area contributed by atoms with Gasteiger partial charge in [-0.15, -0.1) is 0 Å². The third kappa shape index (κ3) is 7.44. The van der Waals surface area contributed by atoms with Crippen LogP contribution in [0, 0.1) is 13.8 Å². The van der Waals surface area contributed by atoms with Gasteiger partial charge in [-0.2, -0.15) is 0 Å². The summed E-state index contributed by atoms with van der Waals surface area (Å²) in [5.74, 6) is 2.57. The van der Waals surface area contributed by atoms with Crippen LogP contribution in [0.1, 0.15) is 78.3 Å². The summed E-state index contributed by atoms with van der Waals surface area (Å²) in [5.41, 5.74) is 19.2. The fourth-order valence-electron chi connectivity index (χ4n) is 12.9. The molecule has 4 aliphatic rings. The van der Waals surface area contributed by atoms with Crippen LogP contribution < -0.4 is 18.9 Å². The molecule has 0 fully saturated rings. The molecule has 3 N–H and O–H groups in total. The number of phenols is 3. The molecule has 76 heavy (non-hydrogen) atoms. The van der Waals surface area contributed by atoms with E-state index >= 15 is 0 Å². The first-order valence-corrected chi connectivity index (χ1v) is 26.2. The topological polar surface area (TPSA) is 149 Å². The van der Waals surface area contributed by atoms with Crippen molar-refractivity contribution in [1.29, 1.82) is 0 Å². The number of aromatic hydroxyl groups is 3. The van der Waals surface area contributed by atoms with Crippen LogP contribution >= 0.6 is 0 Å². The van der Waals surface area contributed by atoms with Gasteiger partial charge < -0.3 is 48.0 Å². The molecule has 3 aromatic heterocycles. The number of phenolic OH excluding ortho intramolecular Hbond substituents is 3. The first kappa shape index (κ1) is 47.3. The number of hydrogen-bond donors (Lipinski definition) is 3. The maximum Gasteiger partial charge on any atom is 0.163 e. The van der Waals surface area contributed by atoms with Crippen LogP contribution in [0.25, 0.3) is 32.7 Å². The van der Waals surface area contributed by atoms with Crippen molar-refractivity contribution in [3.8, 4) is 40.2 Å². The second-order valence-corrected chi connectivity index (χ2v) is 20.7. The van der Waals surface area contributed by atoms with E-state index in [0.717, 1.165) is 120 Å². The Morgan fingerprint density at radius 1 is 0.408 bits per heavy atom. The molecule has 0 saturated carbocycles. The van der Waals surface area contributed by atoms with Crippen LogP contribution in [0.2, 0.25) is 0 Å². The lowest BCUT2D eigenvalue weighted by Crippen LogP contribution is -2.22. The lowest BCUT2D eigenvalue weighted by Gasteiger charge is -2.23. The van der Waals surface area contributed by atoms with Gasteiger partial charge in [0.1, 0.15) is 17.2 Å². The normalized spacial score (nSPS) is 15.3. The first-order chi connectivity index (χ1) is 37.0. The Morgan fingerprint density at radius 2 is 0.789 bits per heavy atom. The number of aromatic nitrogens is 3. The highest BCUT2D eigenvalue weighted by molar-refractivity contribution is 6.10. The van der Waals surface area contributed by atoms with Crippen molar-refractivity contribution < 1.29 is 34.3 Å². The van der Waals surface area contributed by atoms with E-state index in [0.29, 0.717) is 73.8 Å². The van der Waals surface area contributed by atoms with Crippen molar-refractivity contribution in [2.75, 3.05) is 48.1 Å². The fourth-order valence-corrected chi connectivity index (χ4v) is 12.9. The minimum atomic E-state index is 0.0592. The highest BCUT2D eigenvalue weighted by Crippen LogP contribution is 2.43. The van der Waals surface area contributed by atoms with Crippen molar-refractivity contribution in [2.24, 2.45) is 15.0 Å². The van der Waals surface area contributed by atoms with Crippen LogP contribution in [0.4, 0.5) is 0 Å². The quantitative estimate of drug-likeness (QED) is 0.159. The second-order valence-electron chi connectivity index (χ2n) is 20.7. The summed E-state index contributed by atoms with van der Waals surface area (Å²) in [5, 5.41) is 40.7. The van der Waals surface area contributed by atoms with E-state index < -0.39 is 0 Å². The van der Waals surface area contributed by atoms with Crippen molar-refractivity contribution >= 4 is 49.8 Å². The van der Waals surface area contributed by atoms with E-state index in [1.807, 2.05) is 37.3 Å². The van der Waals surface area contributed by atoms with Gasteiger partial charge in [-0.05, 0) is 120 Å². The number of fused-ring (bicyclic) bond motifs is 12. The second kappa shape index (κ2) is 18.4. The molecule has 0 aliphatic carbocycles. The molecule has 4 aliphatic heterocycles. The van der Waals surface area contributed by atoms with Gasteiger partial charge in [-0.3, -0.25) is 15.0 Å². The molecule has 0 amide bonds. The van der Waals surface area contributed by atoms with E-state index in [2.05, 4.69) is 81.3 Å². The maximum absolute atomic E-state index is 12.5. The van der Waals surface area contributed by atoms with Crippen molar-refractivity contribution in [3.05, 3.63) is 169 Å². The molecule has 13 nitrogen and oxygen atoms in total. The SMILES string of the molecule is COc1ccc2c3c4n(c2c1)Cc1c(ccc(OC)c1O)CC1=NCCc2c1n(c1cc(OC)ccc21)Cc1c(ccc(OC)c1O)CC1=NCCc2c1n(c1cc(C)ccc21)Cc1c(ccc(C)c1O)CC4=NCC3. The van der Waals surface area contributed by atoms with Crippen molar-refractivity contribution in [2.45, 2.75) is 72.0 Å². The molecule has 0 atom stereocenters. The number of rotatable bonds is 4. The lowest BCUT2D eigenvalue weighted by molar-refractivity contribution is 0.369. The third-order valence-electron chi connectivity index (χ3n) is 16.6. The largest absolute Gasteiger partial charge is 0.507 e. The molecule has 0 unspecified atom stereocenters. The van der Waals surface area contributed by atoms with Gasteiger partial charge in [0, 0.05) is 89.4 Å². The molecule has 0 radical (unpaired) electrons. The third-order valence-corrected chi connectivity index (χ3v) is 16.6. The molecule has 0 bridgehead atoms. The molecule has 0 saturated heterocycles. The van der Waals surface area contributed by atoms with Gasteiger partial charge in [0.15, 0.2) is 23.0 Å². The molecular weight excluding hydrogens is 953 g/mol. The number of aryl methyl sites for hydroxylation is 2. The van der Waals surface area contributed by atoms with E-state index in [-0.39, 0.29) is 30.3 Å². The van der Waals surface area contributed by atoms with Crippen LogP contribution in [-0.2, 0) is 58.2 Å². The zero-order valence-electron chi connectivity index (χ0n) is 43.8. The van der Waals surface area contributed by atoms with Crippen molar-refractivity contribution in [3.63, 3.8) is 0 Å². The summed E-state index contributed by atoms with van der Waals surface area (Å²) in [6.45, 7) is 6.85. The van der Waals surface area contributed by atoms with Gasteiger partial charge in [-0.1, -0.05) is 36.4 Å². The number of aliphatic imine (C=N–C) groups is 3. The Labute approximate surface area is 440 Å². The standard InChI is InChI=1S/C63H60N6O7/c1-34-7-14-41-44-19-22-65-51-27-37-10-17-56(75-5)62(71)48(37)33-69-55-30-40(74-4)13-16-43(55)46-21-24-66-52(60(46)69)28-38-11-18-57(76-6)63(72)49(38)32-68-54-29-39(73-3)12-15-42(54)45-20-23-64-50(59(45)68)26-36-9-8-35(2)61(70)47(36)31-67(58(44)51)53(41)25-34/h7-18,25,29-30,70-72H,19-24,26-28,31-33H2,1-6H3. The Balaban J connectivity index is 1.10. The van der Waals surface area contributed by atoms with Gasteiger partial charge in [-0.25, -0.2) is 0 Å². The van der Waals surface area contributed by atoms with E-state index in [4.69, 9.17) is 33.9 Å². The van der Waals surface area contributed by atoms with Gasteiger partial charge in [0.2, 0.25) is 0 Å². The summed E-state index contributed by atoms with van der Waals surface area (Å²) in [6, 6.07) is 31.1. The summed E-state index contributed by atoms with van der Waals surface area (Å²) in [4.78, 5) is 16.1. The number of ether oxygens (including phenoxy) is 4. The van der Waals surface area contributed by atoms with Crippen LogP contribution in [0.5, 0.6) is 40.2 Å². The van der Waals surface area contributed by atoms with E-state index in [9.17, 15) is 15.3 Å². The summed E-state index contributed by atoms with van der Waals surface area (Å²) in [7, 11) is 6.54. The fraction of sp³-hybridized carbons (Fsp3) is 0.286. The molecule has 384 valence electrons. The maximum atomic E-state index is 12.5. The molecule has 13 heteroatoms. The zero-order valence-corrected chi connectivity index (χ0v) is 43.8. The smallest absolute Gasteiger partial charge is 0.163 e. The van der Waals surface area contributed by atoms with E-state index in [1.54, 1.807) is 28.4 Å². The number of methoxy groups -OCH3 is 4. The van der Waals surface area contributed by atoms with E-state index in [1.165, 1.54) is 22.1 Å². The molecule has 6 aromatic carbocycles. The molecule has 9 aromatic rings. The highest BCUT2D eigenvalue weighted by Gasteiger charge is 2.33. The first-order valence-electron chi connectivity index (χ1n) is 26.2. The molecule has 0 spiro atoms. The Kier molecular flexibility index (Phi) is 11.5. The lowest BCUT2D eigenvalue weighted by atomic mass is 9.93. The Hall–Kier alpha value is -8.45. The van der Waals surface area contributed by atoms with Gasteiger partial charge in [0.05, 0.1) is 93.3 Å². The number of benzene rings is 6. The molecular formula is C63H60N6O7. The monoisotopic (exact) mass is 1010 g/mol. The molecule has 7 heterocycles. The predicted octanol–water partition coefficient (Wildman–Crippen LogP) is 10.5. The van der Waals surface area contributed by atoms with Crippen LogP contribution in [0.15, 0.2) is 106 Å². The van der Waals surface area contributed by atoms with Crippen LogP contribution in [0.3, 0.4) is 0 Å². The van der Waals surface area contributed by atoms with Gasteiger partial charge >= 0.3 is 0 Å². The Bertz CT molecular complexity index is 4020. The molecule has 13 rings (SSSR count). The minimum Gasteiger partial charge on any atom is -0.507 e. The number of hydrogen-bond acceptors (Lipinski definition) is 10. The summed E-state index contributed by atoms with van der Waals surface area (Å²) in [6.07, 6.45) is 3.49. The minimum absolute atomic E-state index is 0.0592. The average molecular weight is 1010 g/mol. The summed E-state index contributed by atoms with van der Waals surface area (Å²) >= 11 is 0. The number of nitrogens with zero attached hydrogens (tertiary/aromatic N) is 6. The van der Waals surface area contributed by atoms with Crippen LogP contribution in [-0.4, -0.2) is 94.2 Å². The predicted molar refractivity (Wildman–Crippen MR) is 300 cm³/mol.